The van der Waals surface area contributed by atoms with Gasteiger partial charge in [0.2, 0.25) is 0 Å². The summed E-state index contributed by atoms with van der Waals surface area (Å²) < 4.78 is 0. The van der Waals surface area contributed by atoms with Crippen molar-refractivity contribution in [1.29, 1.82) is 0 Å². The van der Waals surface area contributed by atoms with Gasteiger partial charge in [-0.05, 0) is 66.9 Å². The SMILES string of the molecule is Cc1ccc(NC(=O)C(=O)NCC(c2ccsc2)N2CCCC2)c([N+](=O)[O-])c1. The third-order valence-corrected chi connectivity index (χ3v) is 5.47. The van der Waals surface area contributed by atoms with Crippen LogP contribution in [0.5, 0.6) is 0 Å². The summed E-state index contributed by atoms with van der Waals surface area (Å²) in [6, 6.07) is 6.46. The number of rotatable bonds is 6. The van der Waals surface area contributed by atoms with Crippen LogP contribution >= 0.6 is 11.3 Å². The maximum absolute atomic E-state index is 12.3. The van der Waals surface area contributed by atoms with Crippen LogP contribution in [0.1, 0.15) is 30.0 Å². The van der Waals surface area contributed by atoms with Crippen LogP contribution in [0.25, 0.3) is 0 Å². The molecule has 1 atom stereocenters. The topological polar surface area (TPSA) is 105 Å². The molecule has 9 heteroatoms. The molecule has 0 saturated carbocycles. The molecule has 0 radical (unpaired) electrons. The lowest BCUT2D eigenvalue weighted by Crippen LogP contribution is -2.41. The third kappa shape index (κ3) is 4.73. The number of hydrogen-bond acceptors (Lipinski definition) is 6. The van der Waals surface area contributed by atoms with Gasteiger partial charge >= 0.3 is 11.8 Å². The van der Waals surface area contributed by atoms with Gasteiger partial charge in [0.05, 0.1) is 11.0 Å². The Morgan fingerprint density at radius 3 is 2.64 bits per heavy atom. The molecule has 1 aliphatic heterocycles. The van der Waals surface area contributed by atoms with Crippen LogP contribution < -0.4 is 10.6 Å². The minimum atomic E-state index is -0.919. The van der Waals surface area contributed by atoms with Crippen LogP contribution in [0, 0.1) is 17.0 Å². The summed E-state index contributed by atoms with van der Waals surface area (Å²) in [6.45, 7) is 3.93. The number of aryl methyl sites for hydroxylation is 1. The van der Waals surface area contributed by atoms with Crippen LogP contribution in [0.15, 0.2) is 35.0 Å². The molecule has 8 nitrogen and oxygen atoms in total. The molecular weight excluding hydrogens is 380 g/mol. The first-order valence-corrected chi connectivity index (χ1v) is 10.0. The van der Waals surface area contributed by atoms with E-state index >= 15 is 0 Å². The van der Waals surface area contributed by atoms with Gasteiger partial charge in [-0.15, -0.1) is 0 Å². The smallest absolute Gasteiger partial charge is 0.313 e. The fourth-order valence-electron chi connectivity index (χ4n) is 3.32. The van der Waals surface area contributed by atoms with Gasteiger partial charge in [0.15, 0.2) is 0 Å². The summed E-state index contributed by atoms with van der Waals surface area (Å²) >= 11 is 1.59. The second-order valence-corrected chi connectivity index (χ2v) is 7.54. The summed E-state index contributed by atoms with van der Waals surface area (Å²) in [7, 11) is 0. The van der Waals surface area contributed by atoms with Gasteiger partial charge in [-0.25, -0.2) is 0 Å². The lowest BCUT2D eigenvalue weighted by atomic mass is 10.1. The maximum Gasteiger partial charge on any atom is 0.313 e. The first-order chi connectivity index (χ1) is 13.5. The van der Waals surface area contributed by atoms with Gasteiger partial charge in [-0.2, -0.15) is 11.3 Å². The third-order valence-electron chi connectivity index (χ3n) is 4.77. The van der Waals surface area contributed by atoms with Crippen molar-refractivity contribution in [2.24, 2.45) is 0 Å². The van der Waals surface area contributed by atoms with Crippen LogP contribution in [-0.2, 0) is 9.59 Å². The Labute approximate surface area is 166 Å². The van der Waals surface area contributed by atoms with Crippen molar-refractivity contribution in [3.8, 4) is 0 Å². The van der Waals surface area contributed by atoms with Crippen molar-refractivity contribution in [3.63, 3.8) is 0 Å². The molecule has 3 rings (SSSR count). The van der Waals surface area contributed by atoms with E-state index in [2.05, 4.69) is 15.5 Å². The normalized spacial score (nSPS) is 15.2. The molecule has 1 aliphatic rings. The Morgan fingerprint density at radius 2 is 2.00 bits per heavy atom. The summed E-state index contributed by atoms with van der Waals surface area (Å²) in [5.41, 5.74) is 1.57. The number of anilines is 1. The van der Waals surface area contributed by atoms with Gasteiger partial charge in [-0.1, -0.05) is 6.07 Å². The van der Waals surface area contributed by atoms with E-state index in [-0.39, 0.29) is 17.4 Å². The molecule has 148 valence electrons. The highest BCUT2D eigenvalue weighted by molar-refractivity contribution is 7.08. The zero-order valence-electron chi connectivity index (χ0n) is 15.5. The Balaban J connectivity index is 1.64. The quantitative estimate of drug-likeness (QED) is 0.439. The van der Waals surface area contributed by atoms with E-state index in [4.69, 9.17) is 0 Å². The molecular formula is C19H22N4O4S. The van der Waals surface area contributed by atoms with E-state index in [9.17, 15) is 19.7 Å². The van der Waals surface area contributed by atoms with E-state index in [0.29, 0.717) is 12.1 Å². The predicted octanol–water partition coefficient (Wildman–Crippen LogP) is 2.86. The highest BCUT2D eigenvalue weighted by Gasteiger charge is 2.26. The van der Waals surface area contributed by atoms with Crippen LogP contribution in [-0.4, -0.2) is 41.3 Å². The van der Waals surface area contributed by atoms with Crippen molar-refractivity contribution in [2.45, 2.75) is 25.8 Å². The van der Waals surface area contributed by atoms with Crippen LogP contribution in [0.3, 0.4) is 0 Å². The molecule has 0 bridgehead atoms. The van der Waals surface area contributed by atoms with Gasteiger partial charge < -0.3 is 10.6 Å². The molecule has 0 aliphatic carbocycles. The summed E-state index contributed by atoms with van der Waals surface area (Å²) in [5.74, 6) is -1.73. The summed E-state index contributed by atoms with van der Waals surface area (Å²) in [6.07, 6.45) is 2.23. The number of carbonyl (C=O) groups excluding carboxylic acids is 2. The van der Waals surface area contributed by atoms with Crippen LogP contribution in [0.2, 0.25) is 0 Å². The van der Waals surface area contributed by atoms with E-state index in [1.54, 1.807) is 24.3 Å². The van der Waals surface area contributed by atoms with Crippen molar-refractivity contribution >= 4 is 34.5 Å². The number of nitro benzene ring substituents is 1. The van der Waals surface area contributed by atoms with Crippen molar-refractivity contribution < 1.29 is 14.5 Å². The molecule has 2 aromatic rings. The van der Waals surface area contributed by atoms with Gasteiger partial charge in [0, 0.05) is 12.6 Å². The molecule has 0 spiro atoms. The number of likely N-dealkylation sites (tertiary alicyclic amines) is 1. The van der Waals surface area contributed by atoms with Gasteiger partial charge in [-0.3, -0.25) is 24.6 Å². The number of carbonyl (C=O) groups is 2. The standard InChI is InChI=1S/C19H22N4O4S/c1-13-4-5-15(16(10-13)23(26)27)21-19(25)18(24)20-11-17(14-6-9-28-12-14)22-7-2-3-8-22/h4-6,9-10,12,17H,2-3,7-8,11H2,1H3,(H,20,24)(H,21,25). The lowest BCUT2D eigenvalue weighted by molar-refractivity contribution is -0.384. The summed E-state index contributed by atoms with van der Waals surface area (Å²) in [5, 5.41) is 20.2. The monoisotopic (exact) mass is 402 g/mol. The zero-order chi connectivity index (χ0) is 20.1. The number of benzene rings is 1. The van der Waals surface area contributed by atoms with E-state index < -0.39 is 16.7 Å². The molecule has 28 heavy (non-hydrogen) atoms. The van der Waals surface area contributed by atoms with Crippen molar-refractivity contribution in [3.05, 3.63) is 56.3 Å². The Bertz CT molecular complexity index is 863. The molecule has 1 saturated heterocycles. The zero-order valence-corrected chi connectivity index (χ0v) is 16.3. The predicted molar refractivity (Wildman–Crippen MR) is 107 cm³/mol. The molecule has 2 N–H and O–H groups in total. The maximum atomic E-state index is 12.3. The van der Waals surface area contributed by atoms with Crippen molar-refractivity contribution in [2.75, 3.05) is 25.0 Å². The molecule has 2 heterocycles. The molecule has 1 fully saturated rings. The fourth-order valence-corrected chi connectivity index (χ4v) is 4.03. The minimum absolute atomic E-state index is 0.00433. The fraction of sp³-hybridized carbons (Fsp3) is 0.368. The van der Waals surface area contributed by atoms with E-state index in [1.165, 1.54) is 12.1 Å². The number of amides is 2. The van der Waals surface area contributed by atoms with Crippen molar-refractivity contribution in [1.82, 2.24) is 10.2 Å². The second-order valence-electron chi connectivity index (χ2n) is 6.76. The number of nitrogens with zero attached hydrogens (tertiary/aromatic N) is 2. The number of thiophene rings is 1. The highest BCUT2D eigenvalue weighted by atomic mass is 32.1. The van der Waals surface area contributed by atoms with Gasteiger partial charge in [0.25, 0.3) is 5.69 Å². The largest absolute Gasteiger partial charge is 0.346 e. The number of hydrogen-bond donors (Lipinski definition) is 2. The number of nitrogens with one attached hydrogen (secondary N) is 2. The first kappa shape index (κ1) is 20.0. The average Bonchev–Trinajstić information content (AvgIpc) is 3.37. The van der Waals surface area contributed by atoms with E-state index in [0.717, 1.165) is 31.5 Å². The van der Waals surface area contributed by atoms with Crippen LogP contribution in [0.4, 0.5) is 11.4 Å². The number of nitro groups is 1. The molecule has 1 aromatic carbocycles. The molecule has 1 unspecified atom stereocenters. The highest BCUT2D eigenvalue weighted by Crippen LogP contribution is 2.27. The Hall–Kier alpha value is -2.78. The Morgan fingerprint density at radius 1 is 1.25 bits per heavy atom. The lowest BCUT2D eigenvalue weighted by Gasteiger charge is -2.27. The summed E-state index contributed by atoms with van der Waals surface area (Å²) in [4.78, 5) is 37.4. The first-order valence-electron chi connectivity index (χ1n) is 9.06. The minimum Gasteiger partial charge on any atom is -0.346 e. The molecule has 1 aromatic heterocycles. The van der Waals surface area contributed by atoms with E-state index in [1.807, 2.05) is 16.8 Å². The van der Waals surface area contributed by atoms with Gasteiger partial charge in [0.1, 0.15) is 5.69 Å². The average molecular weight is 402 g/mol. The molecule has 2 amide bonds. The second kappa shape index (κ2) is 8.94. The Kier molecular flexibility index (Phi) is 6.37.